The average molecular weight is 781 g/mol. The van der Waals surface area contributed by atoms with E-state index in [-0.39, 0.29) is 29.8 Å². The van der Waals surface area contributed by atoms with Crippen molar-refractivity contribution in [1.29, 1.82) is 0 Å². The van der Waals surface area contributed by atoms with Crippen LogP contribution in [0.4, 0.5) is 0 Å². The molecule has 0 heterocycles. The van der Waals surface area contributed by atoms with E-state index in [1.165, 1.54) is 55.6 Å². The van der Waals surface area contributed by atoms with Gasteiger partial charge in [0.15, 0.2) is 0 Å². The van der Waals surface area contributed by atoms with Crippen molar-refractivity contribution >= 4 is 42.1 Å². The zero-order valence-electron chi connectivity index (χ0n) is 35.5. The number of hydrogen-bond acceptors (Lipinski definition) is 17. The Kier molecular flexibility index (Phi) is 89.0. The van der Waals surface area contributed by atoms with Crippen molar-refractivity contribution in [1.82, 2.24) is 0 Å². The van der Waals surface area contributed by atoms with Crippen LogP contribution in [0.25, 0.3) is 0 Å². The fourth-order valence-corrected chi connectivity index (χ4v) is 1.10. The highest BCUT2D eigenvalue weighted by molar-refractivity contribution is 5.74. The first-order valence-corrected chi connectivity index (χ1v) is 17.3. The Morgan fingerprint density at radius 3 is 0.962 bits per heavy atom. The van der Waals surface area contributed by atoms with Crippen LogP contribution in [0.15, 0.2) is 0 Å². The molecule has 322 valence electrons. The first-order valence-electron chi connectivity index (χ1n) is 17.3. The Morgan fingerprint density at radius 2 is 0.868 bits per heavy atom. The van der Waals surface area contributed by atoms with E-state index in [1.54, 1.807) is 27.7 Å². The van der Waals surface area contributed by atoms with E-state index in [4.69, 9.17) is 20.4 Å². The summed E-state index contributed by atoms with van der Waals surface area (Å²) in [6.45, 7) is 27.7. The zero-order valence-corrected chi connectivity index (χ0v) is 35.5. The number of carbonyl (C=O) groups is 7. The fourth-order valence-electron chi connectivity index (χ4n) is 1.10. The van der Waals surface area contributed by atoms with Crippen molar-refractivity contribution in [3.05, 3.63) is 0 Å². The van der Waals surface area contributed by atoms with Gasteiger partial charge in [0.1, 0.15) is 18.0 Å². The molecule has 53 heavy (non-hydrogen) atoms. The van der Waals surface area contributed by atoms with E-state index < -0.39 is 24.1 Å². The highest BCUT2D eigenvalue weighted by Gasteiger charge is 2.08. The minimum atomic E-state index is -0.991. The van der Waals surface area contributed by atoms with Crippen molar-refractivity contribution in [2.75, 3.05) is 46.8 Å². The molecular weight excluding hydrogens is 704 g/mol. The van der Waals surface area contributed by atoms with E-state index >= 15 is 0 Å². The molecule has 0 radical (unpaired) electrons. The molecule has 0 bridgehead atoms. The number of esters is 5. The van der Waals surface area contributed by atoms with E-state index in [0.29, 0.717) is 46.1 Å². The van der Waals surface area contributed by atoms with Gasteiger partial charge in [0.2, 0.25) is 0 Å². The van der Waals surface area contributed by atoms with Gasteiger partial charge >= 0.3 is 29.8 Å². The smallest absolute Gasteiger partial charge is 0.334 e. The highest BCUT2D eigenvalue weighted by atomic mass is 16.6. The molecule has 17 nitrogen and oxygen atoms in total. The lowest BCUT2D eigenvalue weighted by Crippen LogP contribution is -2.19. The van der Waals surface area contributed by atoms with Crippen LogP contribution in [0.5, 0.6) is 0 Å². The Morgan fingerprint density at radius 1 is 0.566 bits per heavy atom. The monoisotopic (exact) mass is 781 g/mol. The third-order valence-corrected chi connectivity index (χ3v) is 3.61. The van der Waals surface area contributed by atoms with Crippen molar-refractivity contribution in [3.63, 3.8) is 0 Å². The second kappa shape index (κ2) is 66.6. The number of hydrogen-bond donors (Lipinski definition) is 4. The van der Waals surface area contributed by atoms with Crippen LogP contribution in [-0.4, -0.2) is 128 Å². The van der Waals surface area contributed by atoms with Gasteiger partial charge in [-0.3, -0.25) is 19.2 Å². The van der Waals surface area contributed by atoms with Gasteiger partial charge in [-0.05, 0) is 81.1 Å². The number of aliphatic hydroxyl groups is 4. The number of methoxy groups -OCH3 is 1. The van der Waals surface area contributed by atoms with E-state index in [2.05, 4.69) is 28.4 Å². The van der Waals surface area contributed by atoms with E-state index in [9.17, 15) is 33.6 Å². The van der Waals surface area contributed by atoms with Crippen LogP contribution < -0.4 is 0 Å². The van der Waals surface area contributed by atoms with Gasteiger partial charge in [0.05, 0.1) is 46.2 Å². The predicted octanol–water partition coefficient (Wildman–Crippen LogP) is 3.90. The number of Topliss-reactive ketones (excluding diaryl/α,β-unsaturated/α-hetero) is 1. The second-order valence-corrected chi connectivity index (χ2v) is 9.67. The molecule has 3 unspecified atom stereocenters. The summed E-state index contributed by atoms with van der Waals surface area (Å²) in [7, 11) is 1.35. The van der Waals surface area contributed by atoms with Gasteiger partial charge in [-0.1, -0.05) is 27.7 Å². The maximum atomic E-state index is 10.4. The Bertz CT molecular complexity index is 778. The summed E-state index contributed by atoms with van der Waals surface area (Å²) in [5.74, 6) is -1.59. The molecule has 0 aromatic rings. The number of ether oxygens (including phenoxy) is 6. The van der Waals surface area contributed by atoms with Crippen LogP contribution in [0.3, 0.4) is 0 Å². The van der Waals surface area contributed by atoms with Crippen molar-refractivity contribution in [2.45, 2.75) is 148 Å². The average Bonchev–Trinajstić information content (AvgIpc) is 3.08. The molecule has 0 aliphatic carbocycles. The first-order chi connectivity index (χ1) is 24.5. The molecule has 0 saturated carbocycles. The van der Waals surface area contributed by atoms with Crippen molar-refractivity contribution < 1.29 is 82.4 Å². The Balaban J connectivity index is -0.0000000595. The standard InChI is InChI=1S/C6H12O3.C5H10O3.C5H10O2.C4H8O2.C4H10O.2C3H6O2.C3H6O.C3H8O/c1-3-4-9-6(8)5(2)7;1-3-8-5(7)4(2)6;1-3-4-7-5(2)6;1-3-6-4(2)5;1-3-4(2)5;1-3(4)5-2;1-2-5-3-4;1-3(2)4;1-2-3-4/h5,7H,3-4H2,1-2H3;4,6H,3H2,1-2H3;3-4H2,1-2H3;3H2,1-2H3;4-5H,3H2,1-2H3;1-2H3;3H,2H2,1H3;1-2H3;4H,2-3H2,1H3. The molecule has 0 amide bonds. The van der Waals surface area contributed by atoms with Gasteiger partial charge in [-0.2, -0.15) is 0 Å². The predicted molar refractivity (Wildman–Crippen MR) is 202 cm³/mol. The molecule has 4 N–H and O–H groups in total. The molecule has 0 aromatic heterocycles. The minimum absolute atomic E-state index is 0.116. The lowest BCUT2D eigenvalue weighted by molar-refractivity contribution is -0.152. The van der Waals surface area contributed by atoms with Gasteiger partial charge in [-0.25, -0.2) is 9.59 Å². The zero-order chi connectivity index (χ0) is 44.2. The van der Waals surface area contributed by atoms with Crippen molar-refractivity contribution in [3.8, 4) is 0 Å². The van der Waals surface area contributed by atoms with Crippen LogP contribution in [0, 0.1) is 0 Å². The molecule has 0 aromatic carbocycles. The molecule has 0 aliphatic heterocycles. The number of aliphatic hydroxyl groups excluding tert-OH is 4. The maximum absolute atomic E-state index is 10.4. The summed E-state index contributed by atoms with van der Waals surface area (Å²) in [5, 5.41) is 33.3. The third kappa shape index (κ3) is 162. The van der Waals surface area contributed by atoms with Gasteiger partial charge in [-0.15, -0.1) is 0 Å². The molecule has 0 rings (SSSR count). The van der Waals surface area contributed by atoms with E-state index in [0.717, 1.165) is 25.7 Å². The number of carbonyl (C=O) groups excluding carboxylic acids is 7. The Labute approximate surface area is 319 Å². The number of rotatable bonds is 12. The van der Waals surface area contributed by atoms with Gasteiger partial charge in [0.25, 0.3) is 6.47 Å². The summed E-state index contributed by atoms with van der Waals surface area (Å²) < 4.78 is 26.2. The summed E-state index contributed by atoms with van der Waals surface area (Å²) in [6.07, 6.45) is 1.33. The minimum Gasteiger partial charge on any atom is -0.469 e. The molecule has 17 heteroatoms. The van der Waals surface area contributed by atoms with Crippen LogP contribution in [0.2, 0.25) is 0 Å². The molecule has 0 aliphatic rings. The fraction of sp³-hybridized carbons (Fsp3) is 0.806. The third-order valence-electron chi connectivity index (χ3n) is 3.61. The quantitative estimate of drug-likeness (QED) is 0.124. The normalized spacial score (nSPS) is 9.81. The van der Waals surface area contributed by atoms with Crippen LogP contribution in [0.1, 0.15) is 130 Å². The molecular formula is C36H76O17. The van der Waals surface area contributed by atoms with E-state index in [1.807, 2.05) is 27.7 Å². The first kappa shape index (κ1) is 70.8. The molecule has 0 spiro atoms. The molecule has 0 fully saturated rings. The maximum Gasteiger partial charge on any atom is 0.334 e. The second-order valence-electron chi connectivity index (χ2n) is 9.67. The summed E-state index contributed by atoms with van der Waals surface area (Å²) in [4.78, 5) is 68.7. The number of ketones is 1. The molecule has 3 atom stereocenters. The summed E-state index contributed by atoms with van der Waals surface area (Å²) in [6, 6.07) is 0. The summed E-state index contributed by atoms with van der Waals surface area (Å²) in [5.41, 5.74) is 0. The molecule has 0 saturated heterocycles. The topological polar surface area (TPSA) is 256 Å². The van der Waals surface area contributed by atoms with Crippen LogP contribution in [-0.2, 0) is 62.0 Å². The van der Waals surface area contributed by atoms with Gasteiger partial charge in [0, 0.05) is 27.4 Å². The largest absolute Gasteiger partial charge is 0.469 e. The lowest BCUT2D eigenvalue weighted by atomic mass is 10.3. The van der Waals surface area contributed by atoms with Gasteiger partial charge < -0.3 is 53.6 Å². The highest BCUT2D eigenvalue weighted by Crippen LogP contribution is 1.87. The Hall–Kier alpha value is -3.67. The lowest BCUT2D eigenvalue weighted by Gasteiger charge is -2.03. The SMILES string of the molecule is CC(C)=O.CCC(C)O.CCCO.CCCOC(=O)C(C)O.CCCOC(C)=O.CCOC(=O)C(C)O.CCOC(C)=O.CCOC=O.COC(C)=O. The van der Waals surface area contributed by atoms with Crippen molar-refractivity contribution in [2.24, 2.45) is 0 Å². The van der Waals surface area contributed by atoms with Crippen LogP contribution >= 0.6 is 0 Å². The summed E-state index contributed by atoms with van der Waals surface area (Å²) >= 11 is 0.